The van der Waals surface area contributed by atoms with Crippen LogP contribution in [-0.4, -0.2) is 42.0 Å². The van der Waals surface area contributed by atoms with Crippen molar-refractivity contribution in [2.24, 2.45) is 0 Å². The minimum atomic E-state index is -3.99. The summed E-state index contributed by atoms with van der Waals surface area (Å²) in [5.41, 5.74) is 1.98. The molecule has 0 amide bonds. The highest BCUT2D eigenvalue weighted by Gasteiger charge is 2.22. The molecule has 198 valence electrons. The normalized spacial score (nSPS) is 11.9. The van der Waals surface area contributed by atoms with Gasteiger partial charge in [0.05, 0.1) is 39.0 Å². The van der Waals surface area contributed by atoms with E-state index in [1.807, 2.05) is 26.8 Å². The van der Waals surface area contributed by atoms with Gasteiger partial charge in [-0.15, -0.1) is 0 Å². The number of hydrogen-bond acceptors (Lipinski definition) is 7. The van der Waals surface area contributed by atoms with Crippen molar-refractivity contribution in [2.75, 3.05) is 33.2 Å². The van der Waals surface area contributed by atoms with Crippen LogP contribution in [0.5, 0.6) is 28.7 Å². The van der Waals surface area contributed by atoms with E-state index < -0.39 is 10.0 Å². The first-order chi connectivity index (χ1) is 17.4. The lowest BCUT2D eigenvalue weighted by atomic mass is 9.87. The van der Waals surface area contributed by atoms with E-state index in [2.05, 4.69) is 4.72 Å². The SMILES string of the molecule is COc1cc(/C=C\c2cc(OC)c(OC)c(OC)c2)cc(NS(=O)(=O)c2cccc(C(C)(C)C)c2)c1O. The first-order valence-electron chi connectivity index (χ1n) is 11.5. The zero-order valence-electron chi connectivity index (χ0n) is 22.1. The van der Waals surface area contributed by atoms with E-state index in [1.54, 1.807) is 42.5 Å². The molecule has 0 unspecified atom stereocenters. The van der Waals surface area contributed by atoms with Gasteiger partial charge in [-0.3, -0.25) is 4.72 Å². The van der Waals surface area contributed by atoms with Crippen LogP contribution in [0, 0.1) is 0 Å². The van der Waals surface area contributed by atoms with E-state index in [0.717, 1.165) is 11.1 Å². The first kappa shape index (κ1) is 27.7. The number of nitrogens with one attached hydrogen (secondary N) is 1. The lowest BCUT2D eigenvalue weighted by Crippen LogP contribution is -2.16. The highest BCUT2D eigenvalue weighted by atomic mass is 32.2. The van der Waals surface area contributed by atoms with E-state index in [-0.39, 0.29) is 27.5 Å². The van der Waals surface area contributed by atoms with Crippen LogP contribution in [0.2, 0.25) is 0 Å². The van der Waals surface area contributed by atoms with Crippen molar-refractivity contribution in [1.82, 2.24) is 0 Å². The Morgan fingerprint density at radius 1 is 0.784 bits per heavy atom. The molecule has 0 bridgehead atoms. The standard InChI is InChI=1S/C28H33NO7S/c1-28(2,3)20-9-8-10-21(17-20)37(31,32)29-22-13-18(14-23(33-4)26(22)30)11-12-19-15-24(34-5)27(36-7)25(16-19)35-6/h8-17,29-30H,1-7H3/b12-11-. The van der Waals surface area contributed by atoms with Crippen LogP contribution in [0.1, 0.15) is 37.5 Å². The molecule has 2 N–H and O–H groups in total. The van der Waals surface area contributed by atoms with Crippen LogP contribution < -0.4 is 23.7 Å². The van der Waals surface area contributed by atoms with Gasteiger partial charge < -0.3 is 24.1 Å². The molecule has 0 aromatic heterocycles. The number of rotatable bonds is 9. The zero-order chi connectivity index (χ0) is 27.4. The molecular weight excluding hydrogens is 494 g/mol. The monoisotopic (exact) mass is 527 g/mol. The lowest BCUT2D eigenvalue weighted by molar-refractivity contribution is 0.324. The van der Waals surface area contributed by atoms with E-state index in [1.165, 1.54) is 40.6 Å². The molecule has 0 spiro atoms. The fraction of sp³-hybridized carbons (Fsp3) is 0.286. The predicted molar refractivity (Wildman–Crippen MR) is 146 cm³/mol. The molecule has 8 nitrogen and oxygen atoms in total. The Balaban J connectivity index is 2.00. The molecule has 37 heavy (non-hydrogen) atoms. The summed E-state index contributed by atoms with van der Waals surface area (Å²) < 4.78 is 50.4. The number of phenols is 1. The van der Waals surface area contributed by atoms with Crippen LogP contribution >= 0.6 is 0 Å². The minimum absolute atomic E-state index is 0.00921. The fourth-order valence-corrected chi connectivity index (χ4v) is 4.79. The third-order valence-corrected chi connectivity index (χ3v) is 7.09. The maximum Gasteiger partial charge on any atom is 0.262 e. The Morgan fingerprint density at radius 2 is 1.32 bits per heavy atom. The van der Waals surface area contributed by atoms with Gasteiger partial charge in [-0.2, -0.15) is 0 Å². The average Bonchev–Trinajstić information content (AvgIpc) is 2.87. The second-order valence-corrected chi connectivity index (χ2v) is 11.0. The van der Waals surface area contributed by atoms with Gasteiger partial charge in [0.2, 0.25) is 5.75 Å². The molecule has 0 aliphatic rings. The molecule has 3 aromatic carbocycles. The first-order valence-corrected chi connectivity index (χ1v) is 12.9. The number of methoxy groups -OCH3 is 4. The second kappa shape index (κ2) is 11.0. The molecule has 0 saturated heterocycles. The van der Waals surface area contributed by atoms with Gasteiger partial charge in [0.1, 0.15) is 0 Å². The van der Waals surface area contributed by atoms with Crippen molar-refractivity contribution in [3.05, 3.63) is 65.2 Å². The number of anilines is 1. The topological polar surface area (TPSA) is 103 Å². The molecular formula is C28H33NO7S. The van der Waals surface area contributed by atoms with Crippen molar-refractivity contribution in [3.63, 3.8) is 0 Å². The van der Waals surface area contributed by atoms with Crippen LogP contribution in [0.4, 0.5) is 5.69 Å². The van der Waals surface area contributed by atoms with Crippen LogP contribution in [0.25, 0.3) is 12.2 Å². The van der Waals surface area contributed by atoms with Crippen molar-refractivity contribution >= 4 is 27.9 Å². The summed E-state index contributed by atoms with van der Waals surface area (Å²) in [6.45, 7) is 6.02. The van der Waals surface area contributed by atoms with E-state index in [0.29, 0.717) is 22.8 Å². The number of sulfonamides is 1. The van der Waals surface area contributed by atoms with E-state index >= 15 is 0 Å². The third kappa shape index (κ3) is 6.29. The fourth-order valence-electron chi connectivity index (χ4n) is 3.68. The van der Waals surface area contributed by atoms with Gasteiger partial charge >= 0.3 is 0 Å². The summed E-state index contributed by atoms with van der Waals surface area (Å²) in [5, 5.41) is 10.7. The smallest absolute Gasteiger partial charge is 0.262 e. The van der Waals surface area contributed by atoms with Gasteiger partial charge in [0.25, 0.3) is 10.0 Å². The van der Waals surface area contributed by atoms with Gasteiger partial charge in [-0.1, -0.05) is 45.1 Å². The Morgan fingerprint density at radius 3 is 1.84 bits per heavy atom. The van der Waals surface area contributed by atoms with E-state index in [4.69, 9.17) is 18.9 Å². The highest BCUT2D eigenvalue weighted by Crippen LogP contribution is 2.40. The molecule has 0 saturated carbocycles. The Labute approximate surface area is 218 Å². The number of phenolic OH excluding ortho intramolecular Hbond substituents is 1. The number of aromatic hydroxyl groups is 1. The number of benzene rings is 3. The summed E-state index contributed by atoms with van der Waals surface area (Å²) in [4.78, 5) is 0.0941. The maximum atomic E-state index is 13.2. The molecule has 0 atom stereocenters. The maximum absolute atomic E-state index is 13.2. The Bertz CT molecular complexity index is 1380. The van der Waals surface area contributed by atoms with Crippen LogP contribution in [0.3, 0.4) is 0 Å². The highest BCUT2D eigenvalue weighted by molar-refractivity contribution is 7.92. The number of ether oxygens (including phenoxy) is 4. The quantitative estimate of drug-likeness (QED) is 0.272. The molecule has 9 heteroatoms. The molecule has 0 radical (unpaired) electrons. The molecule has 3 aromatic rings. The van der Waals surface area contributed by atoms with Crippen LogP contribution in [-0.2, 0) is 15.4 Å². The van der Waals surface area contributed by atoms with Gasteiger partial charge in [-0.25, -0.2) is 8.42 Å². The van der Waals surface area contributed by atoms with Crippen molar-refractivity contribution in [1.29, 1.82) is 0 Å². The van der Waals surface area contributed by atoms with Crippen molar-refractivity contribution in [3.8, 4) is 28.7 Å². The van der Waals surface area contributed by atoms with Gasteiger partial charge in [0.15, 0.2) is 23.0 Å². The van der Waals surface area contributed by atoms with Crippen molar-refractivity contribution < 1.29 is 32.5 Å². The molecule has 0 aliphatic carbocycles. The molecule has 0 aliphatic heterocycles. The largest absolute Gasteiger partial charge is 0.503 e. The summed E-state index contributed by atoms with van der Waals surface area (Å²) in [5.74, 6) is 1.27. The average molecular weight is 528 g/mol. The molecule has 0 heterocycles. The lowest BCUT2D eigenvalue weighted by Gasteiger charge is -2.20. The molecule has 0 fully saturated rings. The van der Waals surface area contributed by atoms with Crippen molar-refractivity contribution in [2.45, 2.75) is 31.1 Å². The summed E-state index contributed by atoms with van der Waals surface area (Å²) in [6.07, 6.45) is 3.54. The summed E-state index contributed by atoms with van der Waals surface area (Å²) >= 11 is 0. The Kier molecular flexibility index (Phi) is 8.28. The Hall–Kier alpha value is -3.85. The zero-order valence-corrected chi connectivity index (χ0v) is 22.9. The molecule has 3 rings (SSSR count). The second-order valence-electron chi connectivity index (χ2n) is 9.29. The summed E-state index contributed by atoms with van der Waals surface area (Å²) in [7, 11) is 2.00. The van der Waals surface area contributed by atoms with E-state index in [9.17, 15) is 13.5 Å². The van der Waals surface area contributed by atoms with Gasteiger partial charge in [-0.05, 0) is 58.5 Å². The third-order valence-electron chi connectivity index (χ3n) is 5.73. The summed E-state index contributed by atoms with van der Waals surface area (Å²) in [6, 6.07) is 13.4. The number of hydrogen-bond donors (Lipinski definition) is 2. The van der Waals surface area contributed by atoms with Crippen LogP contribution in [0.15, 0.2) is 53.4 Å². The minimum Gasteiger partial charge on any atom is -0.503 e. The van der Waals surface area contributed by atoms with Gasteiger partial charge in [0, 0.05) is 0 Å². The predicted octanol–water partition coefficient (Wildman–Crippen LogP) is 5.70.